The van der Waals surface area contributed by atoms with Crippen molar-refractivity contribution in [3.63, 3.8) is 0 Å². The van der Waals surface area contributed by atoms with Gasteiger partial charge in [-0.05, 0) is 69.2 Å². The van der Waals surface area contributed by atoms with Crippen molar-refractivity contribution >= 4 is 19.7 Å². The average Bonchev–Trinajstić information content (AvgIpc) is 3.19. The van der Waals surface area contributed by atoms with E-state index in [0.717, 1.165) is 23.0 Å². The summed E-state index contributed by atoms with van der Waals surface area (Å²) in [5, 5.41) is 24.8. The van der Waals surface area contributed by atoms with Gasteiger partial charge in [0, 0.05) is 11.9 Å². The Morgan fingerprint density at radius 3 is 2.41 bits per heavy atom. The van der Waals surface area contributed by atoms with Gasteiger partial charge in [-0.15, -0.1) is 0 Å². The number of carbonyl (C=O) groups excluding carboxylic acids is 2. The monoisotopic (exact) mass is 628 g/mol. The molecule has 6 atom stereocenters. The summed E-state index contributed by atoms with van der Waals surface area (Å²) in [7, 11) is -4.40. The number of benzene rings is 2. The highest BCUT2D eigenvalue weighted by molar-refractivity contribution is 7.52. The molecule has 2 aliphatic heterocycles. The largest absolute Gasteiger partial charge is 0.462 e. The fraction of sp³-hybridized carbons (Fsp3) is 0.367. The Morgan fingerprint density at radius 2 is 1.84 bits per heavy atom. The molecule has 234 valence electrons. The minimum absolute atomic E-state index is 0.110. The third-order valence-corrected chi connectivity index (χ3v) is 8.44. The van der Waals surface area contributed by atoms with E-state index in [-0.39, 0.29) is 5.75 Å². The Bertz CT molecular complexity index is 1510. The Hall–Kier alpha value is -4.05. The summed E-state index contributed by atoms with van der Waals surface area (Å²) in [6.45, 7) is 8.77. The van der Waals surface area contributed by atoms with Crippen LogP contribution < -0.4 is 14.9 Å². The van der Waals surface area contributed by atoms with Crippen LogP contribution in [0.5, 0.6) is 5.75 Å². The van der Waals surface area contributed by atoms with E-state index >= 15 is 4.39 Å². The second kappa shape index (κ2) is 13.3. The van der Waals surface area contributed by atoms with Gasteiger partial charge in [0.2, 0.25) is 0 Å². The number of carbonyl (C=O) groups is 2. The second-order valence-electron chi connectivity index (χ2n) is 10.7. The summed E-state index contributed by atoms with van der Waals surface area (Å²) in [6.07, 6.45) is -2.44. The Labute approximate surface area is 254 Å². The number of nitrogens with one attached hydrogen (secondary N) is 2. The minimum atomic E-state index is -4.40. The number of amides is 2. The molecule has 0 spiro atoms. The zero-order valence-corrected chi connectivity index (χ0v) is 25.5. The Kier molecular flexibility index (Phi) is 9.93. The van der Waals surface area contributed by atoms with Crippen LogP contribution in [-0.2, 0) is 23.4 Å². The number of aliphatic hydroxyl groups is 1. The number of hydrogen-bond acceptors (Lipinski definition) is 9. The Balaban J connectivity index is 1.52. The number of urea groups is 1. The van der Waals surface area contributed by atoms with Crippen molar-refractivity contribution in [2.24, 2.45) is 0 Å². The minimum Gasteiger partial charge on any atom is -0.462 e. The number of hydrogen-bond donors (Lipinski definition) is 3. The summed E-state index contributed by atoms with van der Waals surface area (Å²) >= 11 is 0. The molecule has 0 bridgehead atoms. The lowest BCUT2D eigenvalue weighted by molar-refractivity contribution is -0.149. The highest BCUT2D eigenvalue weighted by Gasteiger charge is 2.57. The third kappa shape index (κ3) is 7.53. The van der Waals surface area contributed by atoms with Crippen molar-refractivity contribution in [2.75, 3.05) is 6.61 Å². The lowest BCUT2D eigenvalue weighted by atomic mass is 9.98. The van der Waals surface area contributed by atoms with Crippen LogP contribution in [0.15, 0.2) is 73.1 Å². The number of nitrogens with zero attached hydrogens (tertiary/aromatic N) is 2. The maximum atomic E-state index is 15.7. The number of rotatable bonds is 11. The van der Waals surface area contributed by atoms with E-state index in [0.29, 0.717) is 11.3 Å². The van der Waals surface area contributed by atoms with E-state index < -0.39 is 62.6 Å². The van der Waals surface area contributed by atoms with Gasteiger partial charge in [-0.1, -0.05) is 30.8 Å². The zero-order chi connectivity index (χ0) is 32.2. The number of esters is 1. The molecule has 2 aromatic rings. The van der Waals surface area contributed by atoms with Crippen molar-refractivity contribution in [3.05, 3.63) is 78.6 Å². The van der Waals surface area contributed by atoms with E-state index in [1.165, 1.54) is 31.3 Å². The van der Waals surface area contributed by atoms with Crippen molar-refractivity contribution in [1.29, 1.82) is 5.26 Å². The smallest absolute Gasteiger partial charge is 0.459 e. The maximum absolute atomic E-state index is 15.7. The molecule has 4 rings (SSSR count). The quantitative estimate of drug-likeness (QED) is 0.238. The van der Waals surface area contributed by atoms with E-state index in [4.69, 9.17) is 23.8 Å². The summed E-state index contributed by atoms with van der Waals surface area (Å²) in [4.78, 5) is 25.9. The number of ether oxygens (including phenoxy) is 2. The molecule has 2 amide bonds. The molecule has 2 aromatic carbocycles. The van der Waals surface area contributed by atoms with Crippen LogP contribution in [0.2, 0.25) is 0 Å². The first kappa shape index (κ1) is 32.9. The molecule has 0 aliphatic carbocycles. The van der Waals surface area contributed by atoms with Crippen LogP contribution >= 0.6 is 7.75 Å². The van der Waals surface area contributed by atoms with Crippen LogP contribution in [0.25, 0.3) is 11.1 Å². The van der Waals surface area contributed by atoms with Gasteiger partial charge in [0.15, 0.2) is 11.9 Å². The standard InChI is InChI=1S/C30H34FN4O8P/c1-18(2)41-27(37)20(4)34-44(39,43-24-12-10-23(11-13-24)22-8-6-21(16-32)7-9-22)40-17-25-26(36)30(5,31)28(42-25)35-15-14-19(3)33-29(35)38/h6-15,18,20,25-26,28,36H,3,17H2,1-2,4-5H3,(H,33,38)(H,34,39)/t20-,25+,26+,28+,30+,44?/m0/s1. The van der Waals surface area contributed by atoms with E-state index in [9.17, 15) is 19.3 Å². The van der Waals surface area contributed by atoms with Crippen LogP contribution in [-0.4, -0.2) is 64.9 Å². The van der Waals surface area contributed by atoms with Gasteiger partial charge in [0.25, 0.3) is 0 Å². The molecule has 1 fully saturated rings. The molecular formula is C30H34FN4O8P. The topological polar surface area (TPSA) is 159 Å². The van der Waals surface area contributed by atoms with Crippen LogP contribution in [0.3, 0.4) is 0 Å². The number of aliphatic hydroxyl groups excluding tert-OH is 1. The fourth-order valence-corrected chi connectivity index (χ4v) is 5.99. The maximum Gasteiger partial charge on any atom is 0.459 e. The molecule has 2 heterocycles. The molecule has 0 saturated carbocycles. The van der Waals surface area contributed by atoms with Gasteiger partial charge in [0.05, 0.1) is 24.3 Å². The lowest BCUT2D eigenvalue weighted by Crippen LogP contribution is -2.53. The molecule has 2 aliphatic rings. The van der Waals surface area contributed by atoms with Gasteiger partial charge in [-0.3, -0.25) is 14.2 Å². The number of halogens is 1. The molecule has 44 heavy (non-hydrogen) atoms. The first-order valence-electron chi connectivity index (χ1n) is 13.7. The molecule has 1 saturated heterocycles. The fourth-order valence-electron chi connectivity index (χ4n) is 4.49. The van der Waals surface area contributed by atoms with Crippen molar-refractivity contribution in [1.82, 2.24) is 15.3 Å². The van der Waals surface area contributed by atoms with Crippen molar-refractivity contribution in [3.8, 4) is 22.9 Å². The second-order valence-corrected chi connectivity index (χ2v) is 12.4. The molecule has 3 N–H and O–H groups in total. The van der Waals surface area contributed by atoms with Crippen molar-refractivity contribution in [2.45, 2.75) is 63.9 Å². The van der Waals surface area contributed by atoms with Gasteiger partial charge < -0.3 is 24.4 Å². The highest BCUT2D eigenvalue weighted by atomic mass is 31.2. The highest BCUT2D eigenvalue weighted by Crippen LogP contribution is 2.47. The van der Waals surface area contributed by atoms with Gasteiger partial charge >= 0.3 is 19.7 Å². The lowest BCUT2D eigenvalue weighted by Gasteiger charge is -2.33. The van der Waals surface area contributed by atoms with Crippen LogP contribution in [0.4, 0.5) is 9.18 Å². The normalized spacial score (nSPS) is 25.2. The molecular weight excluding hydrogens is 594 g/mol. The number of nitriles is 1. The van der Waals surface area contributed by atoms with E-state index in [1.54, 1.807) is 50.2 Å². The van der Waals surface area contributed by atoms with Crippen LogP contribution in [0, 0.1) is 11.3 Å². The first-order valence-corrected chi connectivity index (χ1v) is 15.3. The van der Waals surface area contributed by atoms with Gasteiger partial charge in [-0.25, -0.2) is 13.8 Å². The van der Waals surface area contributed by atoms with E-state index in [2.05, 4.69) is 23.1 Å². The van der Waals surface area contributed by atoms with Crippen molar-refractivity contribution < 1.29 is 42.2 Å². The molecule has 12 nitrogen and oxygen atoms in total. The average molecular weight is 629 g/mol. The SMILES string of the molecule is C=C1C=CN([C@@H]2O[C@H](COP(=O)(N[C@@H](C)C(=O)OC(C)C)Oc3ccc(-c4ccc(C#N)cc4)cc3)[C@@H](O)[C@@]2(C)F)C(=O)N1. The first-order chi connectivity index (χ1) is 20.7. The van der Waals surface area contributed by atoms with Gasteiger partial charge in [-0.2, -0.15) is 10.3 Å². The third-order valence-electron chi connectivity index (χ3n) is 6.80. The number of allylic oxidation sites excluding steroid dienone is 1. The summed E-state index contributed by atoms with van der Waals surface area (Å²) < 4.78 is 51.9. The van der Waals surface area contributed by atoms with Crippen LogP contribution in [0.1, 0.15) is 33.3 Å². The van der Waals surface area contributed by atoms with E-state index in [1.807, 2.05) is 0 Å². The predicted molar refractivity (Wildman–Crippen MR) is 157 cm³/mol. The molecule has 1 unspecified atom stereocenters. The van der Waals surface area contributed by atoms with Gasteiger partial charge in [0.1, 0.15) is 24.0 Å². The molecule has 0 aromatic heterocycles. The Morgan fingerprint density at radius 1 is 1.23 bits per heavy atom. The summed E-state index contributed by atoms with van der Waals surface area (Å²) in [5.41, 5.74) is -0.0161. The predicted octanol–water partition coefficient (Wildman–Crippen LogP) is 4.53. The summed E-state index contributed by atoms with van der Waals surface area (Å²) in [6, 6.07) is 13.6. The summed E-state index contributed by atoms with van der Waals surface area (Å²) in [5.74, 6) is -0.610. The molecule has 14 heteroatoms. The molecule has 0 radical (unpaired) electrons. The number of alkyl halides is 1. The zero-order valence-electron chi connectivity index (χ0n) is 24.6.